The number of carbonyl (C=O) groups excluding carboxylic acids is 1. The zero-order valence-electron chi connectivity index (χ0n) is 4.10. The summed E-state index contributed by atoms with van der Waals surface area (Å²) in [6.07, 6.45) is -0.264. The zero-order chi connectivity index (χ0) is 5.28. The first-order valence-electron chi connectivity index (χ1n) is 2.22. The molecule has 1 rings (SSSR count). The lowest BCUT2D eigenvalue weighted by molar-refractivity contribution is 0.178. The monoisotopic (exact) mass is 115 g/mol. The van der Waals surface area contributed by atoms with Crippen molar-refractivity contribution in [3.63, 3.8) is 0 Å². The molecule has 0 aliphatic carbocycles. The minimum Gasteiger partial charge on any atom is -0.449 e. The molecule has 4 heteroatoms. The van der Waals surface area contributed by atoms with Crippen molar-refractivity contribution >= 4 is 22.4 Å². The molecule has 1 aliphatic heterocycles. The molecule has 1 amide bonds. The maximum atomic E-state index is 10.1. The summed E-state index contributed by atoms with van der Waals surface area (Å²) >= 11 is 0.984. The van der Waals surface area contributed by atoms with E-state index in [9.17, 15) is 4.79 Å². The van der Waals surface area contributed by atoms with Gasteiger partial charge in [-0.2, -0.15) is 0 Å². The van der Waals surface area contributed by atoms with Gasteiger partial charge in [-0.3, -0.25) is 0 Å². The number of hydrogen-bond donors (Lipinski definition) is 1. The van der Waals surface area contributed by atoms with Gasteiger partial charge in [-0.15, -0.1) is 0 Å². The first kappa shape index (κ1) is 4.95. The summed E-state index contributed by atoms with van der Waals surface area (Å²) in [5.74, 6) is 0. The normalized spacial score (nSPS) is 29.1. The van der Waals surface area contributed by atoms with Gasteiger partial charge in [0.2, 0.25) is 0 Å². The molecule has 0 radical (unpaired) electrons. The van der Waals surface area contributed by atoms with Crippen LogP contribution < -0.4 is 5.32 Å². The average Bonchev–Trinajstić information content (AvgIpc) is 1.87. The summed E-state index contributed by atoms with van der Waals surface area (Å²) < 4.78 is 4.55. The summed E-state index contributed by atoms with van der Waals surface area (Å²) in [6, 6.07) is 0. The largest absolute Gasteiger partial charge is 0.449 e. The van der Waals surface area contributed by atoms with Crippen LogP contribution in [0.15, 0.2) is 0 Å². The highest BCUT2D eigenvalue weighted by Crippen LogP contribution is 1.90. The van der Waals surface area contributed by atoms with E-state index in [2.05, 4.69) is 10.1 Å². The first-order chi connectivity index (χ1) is 3.29. The van der Waals surface area contributed by atoms with E-state index in [1.165, 1.54) is 0 Å². The molecule has 1 heterocycles. The summed E-state index contributed by atoms with van der Waals surface area (Å²) in [6.45, 7) is 0.574. The van der Waals surface area contributed by atoms with Gasteiger partial charge in [0.25, 0.3) is 16.3 Å². The van der Waals surface area contributed by atoms with Crippen molar-refractivity contribution in [2.24, 2.45) is 0 Å². The summed E-state index contributed by atoms with van der Waals surface area (Å²) in [5.41, 5.74) is 0. The molecule has 0 unspecified atom stereocenters. The lowest BCUT2D eigenvalue weighted by Crippen LogP contribution is -2.25. The third-order valence-corrected chi connectivity index (χ3v) is 1.45. The number of cyclic esters (lactones) is 1. The van der Waals surface area contributed by atoms with Crippen molar-refractivity contribution in [1.82, 2.24) is 5.32 Å². The van der Waals surface area contributed by atoms with Crippen molar-refractivity contribution < 1.29 is 9.53 Å². The Morgan fingerprint density at radius 1 is 2.00 bits per heavy atom. The van der Waals surface area contributed by atoms with E-state index >= 15 is 0 Å². The van der Waals surface area contributed by atoms with Crippen molar-refractivity contribution in [3.8, 4) is 0 Å². The Hall–Kier alpha value is -0.198. The Kier molecular flexibility index (Phi) is 1.22. The molecule has 0 aromatic heterocycles. The van der Waals surface area contributed by atoms with Gasteiger partial charge in [-0.25, -0.2) is 4.79 Å². The molecule has 0 aromatic rings. The van der Waals surface area contributed by atoms with Gasteiger partial charge in [0.1, 0.15) is 0 Å². The topological polar surface area (TPSA) is 38.3 Å². The minimum absolute atomic E-state index is 0.264. The maximum Gasteiger partial charge on any atom is 0.406 e. The molecule has 0 spiro atoms. The Bertz CT molecular complexity index is 94.9. The number of hydrogen-bond acceptors (Lipinski definition) is 2. The van der Waals surface area contributed by atoms with E-state index in [1.54, 1.807) is 0 Å². The molecule has 38 valence electrons. The van der Waals surface area contributed by atoms with Crippen LogP contribution in [0.2, 0.25) is 0 Å². The predicted octanol–water partition coefficient (Wildman–Crippen LogP) is -1.31. The molecule has 1 saturated heterocycles. The fourth-order valence-electron chi connectivity index (χ4n) is 0.485. The first-order valence-corrected chi connectivity index (χ1v) is 3.38. The standard InChI is InChI=1S/C3H4NO2.Al.2H/c5-3-4-1-2-6-3;;;/h1H,2H2,(H,4,5);;;. The summed E-state index contributed by atoms with van der Waals surface area (Å²) in [7, 11) is 0. The van der Waals surface area contributed by atoms with Crippen LogP contribution in [0.4, 0.5) is 4.79 Å². The molecular weight excluding hydrogens is 109 g/mol. The van der Waals surface area contributed by atoms with Gasteiger partial charge >= 0.3 is 6.09 Å². The van der Waals surface area contributed by atoms with Crippen LogP contribution in [0.3, 0.4) is 0 Å². The maximum absolute atomic E-state index is 10.1. The number of nitrogens with one attached hydrogen (secondary N) is 1. The van der Waals surface area contributed by atoms with Crippen molar-refractivity contribution in [1.29, 1.82) is 0 Å². The zero-order valence-corrected chi connectivity index (χ0v) is 6.10. The second kappa shape index (κ2) is 1.73. The number of ether oxygens (including phenoxy) is 1. The Labute approximate surface area is 49.5 Å². The van der Waals surface area contributed by atoms with Crippen LogP contribution >= 0.6 is 0 Å². The van der Waals surface area contributed by atoms with Crippen molar-refractivity contribution in [3.05, 3.63) is 0 Å². The molecule has 3 nitrogen and oxygen atoms in total. The molecule has 0 bridgehead atoms. The highest BCUT2D eigenvalue weighted by molar-refractivity contribution is 6.13. The molecule has 7 heavy (non-hydrogen) atoms. The third-order valence-electron chi connectivity index (χ3n) is 0.829. The summed E-state index contributed by atoms with van der Waals surface area (Å²) in [5, 5.41) is 2.62. The van der Waals surface area contributed by atoms with Gasteiger partial charge in [-0.05, 0) is 0 Å². The Morgan fingerprint density at radius 3 is 2.86 bits per heavy atom. The number of amides is 1. The van der Waals surface area contributed by atoms with Gasteiger partial charge in [0, 0.05) is 4.90 Å². The van der Waals surface area contributed by atoms with Gasteiger partial charge in [0.05, 0.1) is 6.61 Å². The molecule has 0 aromatic carbocycles. The molecule has 1 atom stereocenters. The molecule has 0 saturated carbocycles. The fourth-order valence-corrected chi connectivity index (χ4v) is 0.888. The van der Waals surface area contributed by atoms with E-state index in [-0.39, 0.29) is 6.09 Å². The third kappa shape index (κ3) is 1.08. The van der Waals surface area contributed by atoms with Crippen LogP contribution in [0, 0.1) is 0 Å². The van der Waals surface area contributed by atoms with E-state index in [1.807, 2.05) is 0 Å². The van der Waals surface area contributed by atoms with Gasteiger partial charge in [-0.1, -0.05) is 0 Å². The van der Waals surface area contributed by atoms with E-state index in [0.717, 1.165) is 16.3 Å². The second-order valence-electron chi connectivity index (χ2n) is 1.64. The van der Waals surface area contributed by atoms with Crippen LogP contribution in [-0.4, -0.2) is 33.9 Å². The molecular formula is C3H6AlNO2. The van der Waals surface area contributed by atoms with Crippen molar-refractivity contribution in [2.45, 2.75) is 4.90 Å². The summed E-state index contributed by atoms with van der Waals surface area (Å²) in [4.78, 5) is 10.5. The van der Waals surface area contributed by atoms with Gasteiger partial charge in [0.15, 0.2) is 0 Å². The SMILES string of the molecule is O=C1N[C@@H]([AlH2])CO1. The van der Waals surface area contributed by atoms with Crippen LogP contribution in [0.5, 0.6) is 0 Å². The Balaban J connectivity index is 2.40. The van der Waals surface area contributed by atoms with Crippen LogP contribution in [-0.2, 0) is 4.74 Å². The average molecular weight is 115 g/mol. The number of alkyl carbamates (subject to hydrolysis) is 1. The van der Waals surface area contributed by atoms with Crippen molar-refractivity contribution in [2.75, 3.05) is 6.61 Å². The highest BCUT2D eigenvalue weighted by atomic mass is 27.0. The lowest BCUT2D eigenvalue weighted by atomic mass is 10.7. The molecule has 1 aliphatic rings. The smallest absolute Gasteiger partial charge is 0.406 e. The minimum atomic E-state index is -0.264. The number of rotatable bonds is 0. The molecule has 1 fully saturated rings. The quantitative estimate of drug-likeness (QED) is 0.398. The van der Waals surface area contributed by atoms with E-state index in [0.29, 0.717) is 11.5 Å². The van der Waals surface area contributed by atoms with E-state index in [4.69, 9.17) is 0 Å². The fraction of sp³-hybridized carbons (Fsp3) is 0.667. The van der Waals surface area contributed by atoms with Crippen LogP contribution in [0.1, 0.15) is 0 Å². The Morgan fingerprint density at radius 2 is 2.71 bits per heavy atom. The highest BCUT2D eigenvalue weighted by Gasteiger charge is 2.15. The van der Waals surface area contributed by atoms with E-state index < -0.39 is 0 Å². The van der Waals surface area contributed by atoms with Gasteiger partial charge < -0.3 is 10.1 Å². The molecule has 1 N–H and O–H groups in total. The predicted molar refractivity (Wildman–Crippen MR) is 26.8 cm³/mol. The second-order valence-corrected chi connectivity index (χ2v) is 3.04. The lowest BCUT2D eigenvalue weighted by Gasteiger charge is -1.90. The number of carbonyl (C=O) groups is 1. The van der Waals surface area contributed by atoms with Crippen LogP contribution in [0.25, 0.3) is 0 Å².